The number of aryl methyl sites for hydroxylation is 1. The standard InChI is InChI=1S/C12H16N2O2/c1-16-8-4-7-14-12-6-3-2-5-10(12)11(9-15)13-14/h2-3,5-6,15H,4,7-9H2,1H3. The van der Waals surface area contributed by atoms with E-state index in [2.05, 4.69) is 5.10 Å². The lowest BCUT2D eigenvalue weighted by atomic mass is 10.2. The van der Waals surface area contributed by atoms with Crippen molar-refractivity contribution in [1.29, 1.82) is 0 Å². The molecule has 0 spiro atoms. The maximum atomic E-state index is 9.22. The second-order valence-corrected chi connectivity index (χ2v) is 3.69. The van der Waals surface area contributed by atoms with E-state index in [-0.39, 0.29) is 6.61 Å². The molecule has 0 aliphatic carbocycles. The van der Waals surface area contributed by atoms with E-state index in [9.17, 15) is 5.11 Å². The van der Waals surface area contributed by atoms with E-state index >= 15 is 0 Å². The topological polar surface area (TPSA) is 47.3 Å². The first-order valence-corrected chi connectivity index (χ1v) is 5.41. The minimum Gasteiger partial charge on any atom is -0.390 e. The van der Waals surface area contributed by atoms with E-state index in [0.717, 1.165) is 36.2 Å². The van der Waals surface area contributed by atoms with Gasteiger partial charge in [0.2, 0.25) is 0 Å². The van der Waals surface area contributed by atoms with Crippen molar-refractivity contribution in [2.24, 2.45) is 0 Å². The maximum absolute atomic E-state index is 9.22. The molecular weight excluding hydrogens is 204 g/mol. The summed E-state index contributed by atoms with van der Waals surface area (Å²) in [4.78, 5) is 0. The minimum absolute atomic E-state index is 0.0161. The quantitative estimate of drug-likeness (QED) is 0.778. The number of benzene rings is 1. The summed E-state index contributed by atoms with van der Waals surface area (Å²) in [7, 11) is 1.69. The van der Waals surface area contributed by atoms with E-state index in [1.807, 2.05) is 28.9 Å². The molecule has 4 nitrogen and oxygen atoms in total. The summed E-state index contributed by atoms with van der Waals surface area (Å²) in [6, 6.07) is 7.95. The van der Waals surface area contributed by atoms with Gasteiger partial charge in [-0.15, -0.1) is 0 Å². The molecule has 2 rings (SSSR count). The van der Waals surface area contributed by atoms with Crippen molar-refractivity contribution in [3.63, 3.8) is 0 Å². The molecule has 0 radical (unpaired) electrons. The minimum atomic E-state index is -0.0161. The molecule has 0 unspecified atom stereocenters. The van der Waals surface area contributed by atoms with Gasteiger partial charge in [0.1, 0.15) is 0 Å². The lowest BCUT2D eigenvalue weighted by Gasteiger charge is -2.02. The van der Waals surface area contributed by atoms with Gasteiger partial charge in [0.25, 0.3) is 0 Å². The molecule has 16 heavy (non-hydrogen) atoms. The van der Waals surface area contributed by atoms with Crippen molar-refractivity contribution in [3.05, 3.63) is 30.0 Å². The smallest absolute Gasteiger partial charge is 0.0957 e. The van der Waals surface area contributed by atoms with Crippen LogP contribution in [0.25, 0.3) is 10.9 Å². The van der Waals surface area contributed by atoms with Crippen molar-refractivity contribution in [3.8, 4) is 0 Å². The monoisotopic (exact) mass is 220 g/mol. The Morgan fingerprint density at radius 1 is 1.38 bits per heavy atom. The van der Waals surface area contributed by atoms with Gasteiger partial charge >= 0.3 is 0 Å². The third kappa shape index (κ3) is 2.08. The molecule has 1 aromatic carbocycles. The number of para-hydroxylation sites is 1. The first-order valence-electron chi connectivity index (χ1n) is 5.41. The molecule has 1 N–H and O–H groups in total. The van der Waals surface area contributed by atoms with Crippen LogP contribution >= 0.6 is 0 Å². The van der Waals surface area contributed by atoms with Gasteiger partial charge in [-0.1, -0.05) is 18.2 Å². The van der Waals surface area contributed by atoms with Gasteiger partial charge in [-0.05, 0) is 12.5 Å². The van der Waals surface area contributed by atoms with Crippen LogP contribution in [-0.2, 0) is 17.9 Å². The second-order valence-electron chi connectivity index (χ2n) is 3.69. The van der Waals surface area contributed by atoms with Gasteiger partial charge in [0.05, 0.1) is 17.8 Å². The van der Waals surface area contributed by atoms with Gasteiger partial charge in [-0.2, -0.15) is 5.10 Å². The number of methoxy groups -OCH3 is 1. The van der Waals surface area contributed by atoms with E-state index < -0.39 is 0 Å². The lowest BCUT2D eigenvalue weighted by Crippen LogP contribution is -2.03. The predicted octanol–water partition coefficient (Wildman–Crippen LogP) is 1.57. The summed E-state index contributed by atoms with van der Waals surface area (Å²) in [6.07, 6.45) is 0.924. The predicted molar refractivity (Wildman–Crippen MR) is 62.1 cm³/mol. The first kappa shape index (κ1) is 11.1. The zero-order valence-corrected chi connectivity index (χ0v) is 9.39. The van der Waals surface area contributed by atoms with Crippen LogP contribution in [0.5, 0.6) is 0 Å². The lowest BCUT2D eigenvalue weighted by molar-refractivity contribution is 0.189. The Morgan fingerprint density at radius 3 is 2.94 bits per heavy atom. The third-order valence-corrected chi connectivity index (χ3v) is 2.60. The Morgan fingerprint density at radius 2 is 2.19 bits per heavy atom. The number of hydrogen-bond acceptors (Lipinski definition) is 3. The van der Waals surface area contributed by atoms with Crippen LogP contribution < -0.4 is 0 Å². The summed E-state index contributed by atoms with van der Waals surface area (Å²) in [5.74, 6) is 0. The fourth-order valence-electron chi connectivity index (χ4n) is 1.84. The van der Waals surface area contributed by atoms with Gasteiger partial charge in [-0.3, -0.25) is 4.68 Å². The molecule has 0 bridgehead atoms. The zero-order valence-electron chi connectivity index (χ0n) is 9.39. The Bertz CT molecular complexity index is 465. The third-order valence-electron chi connectivity index (χ3n) is 2.60. The molecule has 2 aromatic rings. The van der Waals surface area contributed by atoms with E-state index in [0.29, 0.717) is 0 Å². The molecule has 0 aliphatic heterocycles. The SMILES string of the molecule is COCCCn1nc(CO)c2ccccc21. The molecule has 0 saturated heterocycles. The molecule has 0 saturated carbocycles. The summed E-state index contributed by atoms with van der Waals surface area (Å²) in [6.45, 7) is 1.52. The Hall–Kier alpha value is -1.39. The molecule has 0 amide bonds. The number of rotatable bonds is 5. The molecule has 0 fully saturated rings. The summed E-state index contributed by atoms with van der Waals surface area (Å²) < 4.78 is 6.95. The molecule has 0 atom stereocenters. The van der Waals surface area contributed by atoms with Crippen molar-refractivity contribution >= 4 is 10.9 Å². The Kier molecular flexibility index (Phi) is 3.54. The fourth-order valence-corrected chi connectivity index (χ4v) is 1.84. The molecule has 86 valence electrons. The average Bonchev–Trinajstić information content (AvgIpc) is 2.68. The van der Waals surface area contributed by atoms with Crippen LogP contribution in [0.15, 0.2) is 24.3 Å². The normalized spacial score (nSPS) is 11.1. The van der Waals surface area contributed by atoms with Crippen molar-refractivity contribution in [2.75, 3.05) is 13.7 Å². The van der Waals surface area contributed by atoms with Crippen LogP contribution in [0.4, 0.5) is 0 Å². The van der Waals surface area contributed by atoms with Crippen LogP contribution in [0.1, 0.15) is 12.1 Å². The zero-order chi connectivity index (χ0) is 11.4. The van der Waals surface area contributed by atoms with Gasteiger partial charge in [-0.25, -0.2) is 0 Å². The Balaban J connectivity index is 2.30. The van der Waals surface area contributed by atoms with Crippen molar-refractivity contribution < 1.29 is 9.84 Å². The van der Waals surface area contributed by atoms with E-state index in [1.54, 1.807) is 7.11 Å². The average molecular weight is 220 g/mol. The number of aromatic nitrogens is 2. The number of fused-ring (bicyclic) bond motifs is 1. The van der Waals surface area contributed by atoms with E-state index in [4.69, 9.17) is 4.74 Å². The van der Waals surface area contributed by atoms with E-state index in [1.165, 1.54) is 0 Å². The molecule has 1 aromatic heterocycles. The number of aliphatic hydroxyl groups is 1. The van der Waals surface area contributed by atoms with Crippen LogP contribution in [0.2, 0.25) is 0 Å². The highest BCUT2D eigenvalue weighted by Crippen LogP contribution is 2.18. The second kappa shape index (κ2) is 5.09. The summed E-state index contributed by atoms with van der Waals surface area (Å²) in [5.41, 5.74) is 1.82. The number of nitrogens with zero attached hydrogens (tertiary/aromatic N) is 2. The summed E-state index contributed by atoms with van der Waals surface area (Å²) in [5, 5.41) is 14.6. The summed E-state index contributed by atoms with van der Waals surface area (Å²) >= 11 is 0. The van der Waals surface area contributed by atoms with Crippen LogP contribution in [-0.4, -0.2) is 28.6 Å². The maximum Gasteiger partial charge on any atom is 0.0957 e. The number of hydrogen-bond donors (Lipinski definition) is 1. The molecule has 1 heterocycles. The highest BCUT2D eigenvalue weighted by Gasteiger charge is 2.08. The molecule has 0 aliphatic rings. The van der Waals surface area contributed by atoms with Gasteiger partial charge in [0, 0.05) is 25.6 Å². The number of aliphatic hydroxyl groups excluding tert-OH is 1. The highest BCUT2D eigenvalue weighted by molar-refractivity contribution is 5.81. The first-order chi connectivity index (χ1) is 7.86. The van der Waals surface area contributed by atoms with Gasteiger partial charge < -0.3 is 9.84 Å². The highest BCUT2D eigenvalue weighted by atomic mass is 16.5. The fraction of sp³-hybridized carbons (Fsp3) is 0.417. The van der Waals surface area contributed by atoms with Crippen LogP contribution in [0.3, 0.4) is 0 Å². The molecular formula is C12H16N2O2. The van der Waals surface area contributed by atoms with Gasteiger partial charge in [0.15, 0.2) is 0 Å². The number of ether oxygens (including phenoxy) is 1. The van der Waals surface area contributed by atoms with Crippen molar-refractivity contribution in [1.82, 2.24) is 9.78 Å². The largest absolute Gasteiger partial charge is 0.390 e. The van der Waals surface area contributed by atoms with Crippen molar-refractivity contribution in [2.45, 2.75) is 19.6 Å². The Labute approximate surface area is 94.5 Å². The van der Waals surface area contributed by atoms with Crippen LogP contribution in [0, 0.1) is 0 Å². The molecule has 4 heteroatoms.